The number of para-hydroxylation sites is 1. The van der Waals surface area contributed by atoms with Crippen molar-refractivity contribution in [2.24, 2.45) is 0 Å². The summed E-state index contributed by atoms with van der Waals surface area (Å²) in [5.41, 5.74) is 2.46. The molecule has 0 fully saturated rings. The van der Waals surface area contributed by atoms with Crippen molar-refractivity contribution in [3.05, 3.63) is 72.3 Å². The van der Waals surface area contributed by atoms with Gasteiger partial charge in [-0.15, -0.1) is 0 Å². The van der Waals surface area contributed by atoms with E-state index in [1.54, 1.807) is 12.1 Å². The zero-order valence-electron chi connectivity index (χ0n) is 15.2. The third-order valence-corrected chi connectivity index (χ3v) is 5.45. The smallest absolute Gasteiger partial charge is 0.335 e. The second-order valence-corrected chi connectivity index (χ2v) is 7.16. The highest BCUT2D eigenvalue weighted by Crippen LogP contribution is 2.54. The maximum absolute atomic E-state index is 11.4. The Balaban J connectivity index is 1.74. The summed E-state index contributed by atoms with van der Waals surface area (Å²) < 4.78 is 11.8. The molecule has 2 aromatic carbocycles. The summed E-state index contributed by atoms with van der Waals surface area (Å²) in [4.78, 5) is 13.6. The molecule has 0 bridgehead atoms. The first-order valence-electron chi connectivity index (χ1n) is 8.59. The van der Waals surface area contributed by atoms with Crippen LogP contribution >= 0.6 is 0 Å². The molecule has 4 rings (SSSR count). The van der Waals surface area contributed by atoms with E-state index in [4.69, 9.17) is 9.47 Å². The van der Waals surface area contributed by atoms with Gasteiger partial charge in [-0.05, 0) is 55.8 Å². The molecule has 4 heteroatoms. The Morgan fingerprint density at radius 2 is 2.00 bits per heavy atom. The van der Waals surface area contributed by atoms with E-state index in [-0.39, 0.29) is 5.41 Å². The normalized spacial score (nSPS) is 21.7. The predicted molar refractivity (Wildman–Crippen MR) is 103 cm³/mol. The Morgan fingerprint density at radius 1 is 1.23 bits per heavy atom. The number of hydrogen-bond acceptors (Lipinski definition) is 4. The molecule has 132 valence electrons. The molecule has 2 aromatic rings. The van der Waals surface area contributed by atoms with Gasteiger partial charge in [0.05, 0.1) is 5.41 Å². The Hall–Kier alpha value is -3.01. The first kappa shape index (κ1) is 16.5. The summed E-state index contributed by atoms with van der Waals surface area (Å²) in [6.07, 6.45) is 5.27. The molecule has 4 nitrogen and oxygen atoms in total. The summed E-state index contributed by atoms with van der Waals surface area (Å²) >= 11 is 0. The zero-order chi connectivity index (χ0) is 18.5. The number of rotatable bonds is 2. The lowest BCUT2D eigenvalue weighted by atomic mass is 9.76. The van der Waals surface area contributed by atoms with Gasteiger partial charge in [-0.3, -0.25) is 0 Å². The van der Waals surface area contributed by atoms with E-state index in [0.29, 0.717) is 5.75 Å². The van der Waals surface area contributed by atoms with Crippen LogP contribution in [0.25, 0.3) is 6.08 Å². The molecule has 0 saturated carbocycles. The lowest BCUT2D eigenvalue weighted by molar-refractivity contribution is -0.128. The van der Waals surface area contributed by atoms with Gasteiger partial charge in [-0.2, -0.15) is 0 Å². The second-order valence-electron chi connectivity index (χ2n) is 7.16. The van der Waals surface area contributed by atoms with Crippen molar-refractivity contribution in [3.8, 4) is 11.5 Å². The van der Waals surface area contributed by atoms with Gasteiger partial charge < -0.3 is 14.4 Å². The van der Waals surface area contributed by atoms with Gasteiger partial charge in [-0.25, -0.2) is 4.79 Å². The molecule has 2 aliphatic rings. The summed E-state index contributed by atoms with van der Waals surface area (Å²) in [7, 11) is 2.06. The fourth-order valence-corrected chi connectivity index (χ4v) is 3.98. The minimum absolute atomic E-state index is 0.236. The molecule has 2 heterocycles. The van der Waals surface area contributed by atoms with Gasteiger partial charge in [0.2, 0.25) is 5.72 Å². The van der Waals surface area contributed by atoms with Gasteiger partial charge >= 0.3 is 5.97 Å². The standard InChI is InChI=1S/C22H21NO3/c1-5-20(24)25-16-10-11-19-15(14-16)12-13-22(26-19)21(2,3)17-8-6-7-9-18(17)23(22)4/h5-14H,1H2,2-4H3/t22-/m0/s1. The molecule has 1 atom stereocenters. The number of ether oxygens (including phenoxy) is 2. The van der Waals surface area contributed by atoms with Crippen LogP contribution in [-0.4, -0.2) is 18.7 Å². The van der Waals surface area contributed by atoms with E-state index < -0.39 is 11.7 Å². The van der Waals surface area contributed by atoms with Crippen LogP contribution in [0.3, 0.4) is 0 Å². The molecule has 0 unspecified atom stereocenters. The van der Waals surface area contributed by atoms with E-state index in [9.17, 15) is 4.79 Å². The van der Waals surface area contributed by atoms with Crippen LogP contribution in [0.1, 0.15) is 25.0 Å². The van der Waals surface area contributed by atoms with Crippen LogP contribution in [0.2, 0.25) is 0 Å². The number of benzene rings is 2. The number of carbonyl (C=O) groups excluding carboxylic acids is 1. The van der Waals surface area contributed by atoms with Crippen LogP contribution in [0.15, 0.2) is 61.2 Å². The highest BCUT2D eigenvalue weighted by atomic mass is 16.5. The van der Waals surface area contributed by atoms with Crippen molar-refractivity contribution < 1.29 is 14.3 Å². The third-order valence-electron chi connectivity index (χ3n) is 5.45. The molecule has 0 radical (unpaired) electrons. The van der Waals surface area contributed by atoms with Crippen molar-refractivity contribution >= 4 is 17.7 Å². The molecule has 0 amide bonds. The van der Waals surface area contributed by atoms with Gasteiger partial charge in [0.15, 0.2) is 0 Å². The average Bonchev–Trinajstić information content (AvgIpc) is 2.81. The molecule has 0 aromatic heterocycles. The van der Waals surface area contributed by atoms with Gasteiger partial charge in [0.1, 0.15) is 11.5 Å². The van der Waals surface area contributed by atoms with Crippen LogP contribution < -0.4 is 14.4 Å². The summed E-state index contributed by atoms with van der Waals surface area (Å²) in [5.74, 6) is 0.757. The fraction of sp³-hybridized carbons (Fsp3) is 0.227. The molecule has 0 aliphatic carbocycles. The Bertz CT molecular complexity index is 944. The minimum atomic E-state index is -0.608. The predicted octanol–water partition coefficient (Wildman–Crippen LogP) is 4.31. The summed E-state index contributed by atoms with van der Waals surface area (Å²) in [6, 6.07) is 13.8. The van der Waals surface area contributed by atoms with E-state index in [0.717, 1.165) is 17.4 Å². The average molecular weight is 347 g/mol. The van der Waals surface area contributed by atoms with Crippen LogP contribution in [-0.2, 0) is 10.2 Å². The number of likely N-dealkylation sites (N-methyl/N-ethyl adjacent to an activating group) is 1. The molecule has 26 heavy (non-hydrogen) atoms. The fourth-order valence-electron chi connectivity index (χ4n) is 3.98. The summed E-state index contributed by atoms with van der Waals surface area (Å²) in [6.45, 7) is 7.82. The number of anilines is 1. The number of fused-ring (bicyclic) bond motifs is 2. The third kappa shape index (κ3) is 2.11. The number of hydrogen-bond donors (Lipinski definition) is 0. The SMILES string of the molecule is C=CC(=O)Oc1ccc2c(c1)C=C[C@@]1(O2)N(C)c2ccccc2C1(C)C. The van der Waals surface area contributed by atoms with Crippen LogP contribution in [0.4, 0.5) is 5.69 Å². The number of nitrogens with zero attached hydrogens (tertiary/aromatic N) is 1. The maximum atomic E-state index is 11.4. The monoisotopic (exact) mass is 347 g/mol. The number of carbonyl (C=O) groups is 1. The second kappa shape index (κ2) is 5.49. The van der Waals surface area contributed by atoms with Crippen molar-refractivity contribution in [3.63, 3.8) is 0 Å². The minimum Gasteiger partial charge on any atom is -0.463 e. The first-order valence-corrected chi connectivity index (χ1v) is 8.59. The largest absolute Gasteiger partial charge is 0.463 e. The molecule has 0 saturated heterocycles. The molecular formula is C22H21NO3. The molecule has 1 spiro atoms. The summed E-state index contributed by atoms with van der Waals surface area (Å²) in [5, 5.41) is 0. The van der Waals surface area contributed by atoms with Crippen molar-refractivity contribution in [2.45, 2.75) is 25.0 Å². The molecule has 0 N–H and O–H groups in total. The maximum Gasteiger partial charge on any atom is 0.335 e. The highest BCUT2D eigenvalue weighted by molar-refractivity contribution is 5.83. The van der Waals surface area contributed by atoms with E-state index in [2.05, 4.69) is 56.6 Å². The van der Waals surface area contributed by atoms with Crippen molar-refractivity contribution in [2.75, 3.05) is 11.9 Å². The number of esters is 1. The topological polar surface area (TPSA) is 38.8 Å². The van der Waals surface area contributed by atoms with Gasteiger partial charge in [0.25, 0.3) is 0 Å². The van der Waals surface area contributed by atoms with E-state index in [1.807, 2.05) is 18.2 Å². The van der Waals surface area contributed by atoms with Crippen molar-refractivity contribution in [1.29, 1.82) is 0 Å². The van der Waals surface area contributed by atoms with Crippen LogP contribution in [0, 0.1) is 0 Å². The van der Waals surface area contributed by atoms with Gasteiger partial charge in [-0.1, -0.05) is 24.8 Å². The Labute approximate surface area is 153 Å². The lowest BCUT2D eigenvalue weighted by Gasteiger charge is -2.45. The Morgan fingerprint density at radius 3 is 2.73 bits per heavy atom. The van der Waals surface area contributed by atoms with E-state index >= 15 is 0 Å². The van der Waals surface area contributed by atoms with Crippen molar-refractivity contribution in [1.82, 2.24) is 0 Å². The Kier molecular flexibility index (Phi) is 3.48. The zero-order valence-corrected chi connectivity index (χ0v) is 15.2. The van der Waals surface area contributed by atoms with E-state index in [1.165, 1.54) is 11.3 Å². The lowest BCUT2D eigenvalue weighted by Crippen LogP contribution is -2.58. The quantitative estimate of drug-likeness (QED) is 0.461. The first-order chi connectivity index (χ1) is 12.4. The molecule has 2 aliphatic heterocycles. The van der Waals surface area contributed by atoms with Gasteiger partial charge in [0, 0.05) is 24.4 Å². The highest BCUT2D eigenvalue weighted by Gasteiger charge is 2.57. The molecular weight excluding hydrogens is 326 g/mol. The van der Waals surface area contributed by atoms with Crippen LogP contribution in [0.5, 0.6) is 11.5 Å².